The monoisotopic (exact) mass is 492 g/mol. The van der Waals surface area contributed by atoms with E-state index in [1.807, 2.05) is 24.3 Å². The van der Waals surface area contributed by atoms with Gasteiger partial charge in [-0.2, -0.15) is 0 Å². The molecule has 1 atom stereocenters. The second kappa shape index (κ2) is 10.4. The topological polar surface area (TPSA) is 114 Å². The average Bonchev–Trinajstić information content (AvgIpc) is 2.88. The predicted octanol–water partition coefficient (Wildman–Crippen LogP) is 1.64. The third-order valence-corrected chi connectivity index (χ3v) is 7.66. The van der Waals surface area contributed by atoms with Gasteiger partial charge in [-0.05, 0) is 67.8 Å². The summed E-state index contributed by atoms with van der Waals surface area (Å²) in [5.41, 5.74) is 9.11. The third kappa shape index (κ3) is 5.74. The van der Waals surface area contributed by atoms with Crippen LogP contribution in [0.5, 0.6) is 0 Å². The summed E-state index contributed by atoms with van der Waals surface area (Å²) in [6, 6.07) is 15.7. The number of imide groups is 1. The van der Waals surface area contributed by atoms with Crippen LogP contribution in [0, 0.1) is 0 Å². The van der Waals surface area contributed by atoms with Crippen LogP contribution in [-0.4, -0.2) is 79.3 Å². The summed E-state index contributed by atoms with van der Waals surface area (Å²) in [5.74, 6) is -0.476. The van der Waals surface area contributed by atoms with E-state index in [9.17, 15) is 14.7 Å². The first-order chi connectivity index (χ1) is 17.4. The normalized spacial score (nSPS) is 22.9. The van der Waals surface area contributed by atoms with Gasteiger partial charge in [0.2, 0.25) is 11.8 Å². The summed E-state index contributed by atoms with van der Waals surface area (Å²) in [6.45, 7) is 6.11. The minimum Gasteiger partial charge on any atom is -0.399 e. The lowest BCUT2D eigenvalue weighted by Gasteiger charge is -2.44. The lowest BCUT2D eigenvalue weighted by atomic mass is 9.90. The van der Waals surface area contributed by atoms with Gasteiger partial charge in [0.05, 0.1) is 5.60 Å². The Morgan fingerprint density at radius 2 is 1.47 bits per heavy atom. The van der Waals surface area contributed by atoms with Crippen LogP contribution in [0.2, 0.25) is 0 Å². The molecule has 9 heteroatoms. The Balaban J connectivity index is 1.08. The van der Waals surface area contributed by atoms with E-state index < -0.39 is 5.60 Å². The highest BCUT2D eigenvalue weighted by Gasteiger charge is 2.35. The van der Waals surface area contributed by atoms with Gasteiger partial charge in [0, 0.05) is 75.0 Å². The van der Waals surface area contributed by atoms with Gasteiger partial charge in [0.15, 0.2) is 0 Å². The summed E-state index contributed by atoms with van der Waals surface area (Å²) >= 11 is 0. The van der Waals surface area contributed by atoms with Crippen molar-refractivity contribution < 1.29 is 14.7 Å². The second-order valence-electron chi connectivity index (χ2n) is 10.3. The molecule has 9 nitrogen and oxygen atoms in total. The number of anilines is 4. The minimum absolute atomic E-state index is 0.209. The number of β-amino-alcohol motifs (C(OH)–C–C–N with tert-alkyl or cyclic N) is 1. The van der Waals surface area contributed by atoms with E-state index in [0.717, 1.165) is 69.2 Å². The number of hydrogen-bond donors (Lipinski definition) is 4. The van der Waals surface area contributed by atoms with Crippen molar-refractivity contribution >= 4 is 34.6 Å². The average molecular weight is 493 g/mol. The van der Waals surface area contributed by atoms with Crippen LogP contribution in [0.25, 0.3) is 0 Å². The molecule has 2 aromatic rings. The van der Waals surface area contributed by atoms with E-state index in [4.69, 9.17) is 5.73 Å². The highest BCUT2D eigenvalue weighted by atomic mass is 16.3. The van der Waals surface area contributed by atoms with Crippen molar-refractivity contribution in [1.82, 2.24) is 10.2 Å². The maximum absolute atomic E-state index is 12.0. The van der Waals surface area contributed by atoms with Crippen molar-refractivity contribution in [1.29, 1.82) is 0 Å². The van der Waals surface area contributed by atoms with Crippen LogP contribution in [0.3, 0.4) is 0 Å². The van der Waals surface area contributed by atoms with Gasteiger partial charge in [0.25, 0.3) is 0 Å². The number of carbonyl (C=O) groups is 2. The van der Waals surface area contributed by atoms with Gasteiger partial charge in [-0.15, -0.1) is 0 Å². The van der Waals surface area contributed by atoms with E-state index in [1.54, 1.807) is 0 Å². The van der Waals surface area contributed by atoms with E-state index in [-0.39, 0.29) is 17.9 Å². The molecule has 0 radical (unpaired) electrons. The maximum Gasteiger partial charge on any atom is 0.249 e. The highest BCUT2D eigenvalue weighted by molar-refractivity contribution is 6.01. The van der Waals surface area contributed by atoms with E-state index in [0.29, 0.717) is 19.4 Å². The molecular weight excluding hydrogens is 456 g/mol. The number of nitrogens with one attached hydrogen (secondary N) is 2. The van der Waals surface area contributed by atoms with Gasteiger partial charge in [0.1, 0.15) is 6.04 Å². The van der Waals surface area contributed by atoms with Crippen LogP contribution < -0.4 is 26.2 Å². The Morgan fingerprint density at radius 3 is 2.08 bits per heavy atom. The number of nitrogens with two attached hydrogens (primary N) is 1. The molecule has 0 aliphatic carbocycles. The molecule has 3 aliphatic heterocycles. The zero-order chi connectivity index (χ0) is 25.1. The number of carbonyl (C=O) groups excluding carboxylic acids is 2. The number of amides is 2. The Kier molecular flexibility index (Phi) is 7.02. The lowest BCUT2D eigenvalue weighted by Crippen LogP contribution is -2.55. The Labute approximate surface area is 212 Å². The zero-order valence-electron chi connectivity index (χ0n) is 20.7. The van der Waals surface area contributed by atoms with Crippen LogP contribution in [-0.2, 0) is 9.59 Å². The number of hydrogen-bond acceptors (Lipinski definition) is 8. The van der Waals surface area contributed by atoms with Crippen molar-refractivity contribution in [2.45, 2.75) is 37.3 Å². The van der Waals surface area contributed by atoms with Crippen LogP contribution in [0.15, 0.2) is 48.5 Å². The summed E-state index contributed by atoms with van der Waals surface area (Å²) in [5, 5.41) is 16.9. The minimum atomic E-state index is -0.660. The van der Waals surface area contributed by atoms with E-state index >= 15 is 0 Å². The van der Waals surface area contributed by atoms with Crippen molar-refractivity contribution in [2.75, 3.05) is 66.7 Å². The fourth-order valence-corrected chi connectivity index (χ4v) is 5.41. The molecule has 0 aromatic heterocycles. The SMILES string of the molecule is Nc1ccc(N2CCN(CC3(O)CCN(c4ccc(NC5CCC(=O)NC5=O)cc4)CC3)CC2)cc1. The number of nitrogen functional groups attached to an aromatic ring is 1. The lowest BCUT2D eigenvalue weighted by molar-refractivity contribution is -0.133. The number of nitrogens with zero attached hydrogens (tertiary/aromatic N) is 3. The zero-order valence-corrected chi connectivity index (χ0v) is 20.7. The van der Waals surface area contributed by atoms with Gasteiger partial charge in [-0.1, -0.05) is 0 Å². The fraction of sp³-hybridized carbons (Fsp3) is 0.481. The van der Waals surface area contributed by atoms with Crippen molar-refractivity contribution in [2.24, 2.45) is 0 Å². The molecule has 36 heavy (non-hydrogen) atoms. The maximum atomic E-state index is 12.0. The first kappa shape index (κ1) is 24.4. The summed E-state index contributed by atoms with van der Waals surface area (Å²) in [6.07, 6.45) is 2.34. The standard InChI is InChI=1S/C27H36N6O3/c28-20-1-5-22(6-2-20)33-17-15-31(16-18-33)19-27(36)11-13-32(14-12-27)23-7-3-21(4-8-23)29-24-9-10-25(34)30-26(24)35/h1-8,24,29,36H,9-19,28H2,(H,30,34,35). The van der Waals surface area contributed by atoms with Gasteiger partial charge >= 0.3 is 0 Å². The predicted molar refractivity (Wildman–Crippen MR) is 142 cm³/mol. The number of aliphatic hydroxyl groups is 1. The number of benzene rings is 2. The third-order valence-electron chi connectivity index (χ3n) is 7.66. The molecule has 5 N–H and O–H groups in total. The van der Waals surface area contributed by atoms with Crippen molar-refractivity contribution in [3.63, 3.8) is 0 Å². The molecule has 0 saturated carbocycles. The van der Waals surface area contributed by atoms with Gasteiger partial charge in [-0.3, -0.25) is 19.8 Å². The largest absolute Gasteiger partial charge is 0.399 e. The number of piperidine rings is 2. The van der Waals surface area contributed by atoms with E-state index in [1.165, 1.54) is 5.69 Å². The van der Waals surface area contributed by atoms with Crippen LogP contribution >= 0.6 is 0 Å². The molecule has 1 unspecified atom stereocenters. The first-order valence-electron chi connectivity index (χ1n) is 12.9. The fourth-order valence-electron chi connectivity index (χ4n) is 5.41. The molecule has 192 valence electrons. The molecule has 3 aliphatic rings. The Bertz CT molecular complexity index is 1060. The quantitative estimate of drug-likeness (QED) is 0.356. The van der Waals surface area contributed by atoms with Gasteiger partial charge < -0.3 is 26.0 Å². The number of piperazine rings is 1. The molecule has 0 spiro atoms. The Morgan fingerprint density at radius 1 is 0.889 bits per heavy atom. The molecule has 2 aromatic carbocycles. The second-order valence-corrected chi connectivity index (χ2v) is 10.3. The molecule has 0 bridgehead atoms. The summed E-state index contributed by atoms with van der Waals surface area (Å²) in [4.78, 5) is 30.4. The highest BCUT2D eigenvalue weighted by Crippen LogP contribution is 2.29. The van der Waals surface area contributed by atoms with Gasteiger partial charge in [-0.25, -0.2) is 0 Å². The van der Waals surface area contributed by atoms with Crippen LogP contribution in [0.4, 0.5) is 22.7 Å². The first-order valence-corrected chi connectivity index (χ1v) is 12.9. The number of rotatable bonds is 6. The molecule has 3 heterocycles. The molecule has 3 fully saturated rings. The molecular formula is C27H36N6O3. The molecule has 2 amide bonds. The molecule has 3 saturated heterocycles. The summed E-state index contributed by atoms with van der Waals surface area (Å²) < 4.78 is 0. The molecule has 5 rings (SSSR count). The Hall–Kier alpha value is -3.30. The smallest absolute Gasteiger partial charge is 0.249 e. The van der Waals surface area contributed by atoms with E-state index in [2.05, 4.69) is 49.6 Å². The van der Waals surface area contributed by atoms with Crippen molar-refractivity contribution in [3.05, 3.63) is 48.5 Å². The van der Waals surface area contributed by atoms with Crippen LogP contribution in [0.1, 0.15) is 25.7 Å². The van der Waals surface area contributed by atoms with Crippen molar-refractivity contribution in [3.8, 4) is 0 Å². The summed E-state index contributed by atoms with van der Waals surface area (Å²) in [7, 11) is 0.